The number of rotatable bonds is 6. The van der Waals surface area contributed by atoms with Crippen LogP contribution in [0.4, 0.5) is 0 Å². The van der Waals surface area contributed by atoms with Crippen LogP contribution in [0.2, 0.25) is 0 Å². The Bertz CT molecular complexity index is 267. The van der Waals surface area contributed by atoms with E-state index >= 15 is 0 Å². The standard InChI is InChI=1S/C12H19NO2/c1-3-11(9-14)13-8-10-4-6-12(15-2)7-5-10/h4-7,11,13-14H,3,8-9H2,1-2H3/t11-/m0/s1. The highest BCUT2D eigenvalue weighted by molar-refractivity contribution is 5.27. The summed E-state index contributed by atoms with van der Waals surface area (Å²) in [4.78, 5) is 0. The van der Waals surface area contributed by atoms with Crippen LogP contribution in [0, 0.1) is 0 Å². The van der Waals surface area contributed by atoms with E-state index in [1.165, 1.54) is 5.56 Å². The maximum absolute atomic E-state index is 9.00. The lowest BCUT2D eigenvalue weighted by Gasteiger charge is -2.13. The van der Waals surface area contributed by atoms with Crippen LogP contribution in [0.15, 0.2) is 24.3 Å². The zero-order valence-electron chi connectivity index (χ0n) is 9.36. The van der Waals surface area contributed by atoms with Crippen molar-refractivity contribution < 1.29 is 9.84 Å². The van der Waals surface area contributed by atoms with E-state index in [4.69, 9.17) is 9.84 Å². The molecule has 0 unspecified atom stereocenters. The average molecular weight is 209 g/mol. The predicted octanol–water partition coefficient (Wildman–Crippen LogP) is 1.56. The summed E-state index contributed by atoms with van der Waals surface area (Å²) in [5, 5.41) is 12.3. The Kier molecular flexibility index (Phi) is 5.15. The molecule has 1 atom stereocenters. The molecule has 0 aromatic heterocycles. The summed E-state index contributed by atoms with van der Waals surface area (Å²) in [5.41, 5.74) is 1.20. The molecule has 0 saturated heterocycles. The van der Waals surface area contributed by atoms with Gasteiger partial charge in [-0.3, -0.25) is 0 Å². The first-order valence-electron chi connectivity index (χ1n) is 5.27. The van der Waals surface area contributed by atoms with Crippen LogP contribution in [-0.2, 0) is 6.54 Å². The molecule has 84 valence electrons. The van der Waals surface area contributed by atoms with E-state index in [2.05, 4.69) is 12.2 Å². The van der Waals surface area contributed by atoms with Crippen LogP contribution >= 0.6 is 0 Å². The van der Waals surface area contributed by atoms with Crippen molar-refractivity contribution in [3.05, 3.63) is 29.8 Å². The van der Waals surface area contributed by atoms with Gasteiger partial charge in [0, 0.05) is 12.6 Å². The second-order valence-electron chi connectivity index (χ2n) is 3.52. The van der Waals surface area contributed by atoms with Gasteiger partial charge in [-0.25, -0.2) is 0 Å². The maximum atomic E-state index is 9.00. The molecule has 3 heteroatoms. The van der Waals surface area contributed by atoms with Gasteiger partial charge in [-0.15, -0.1) is 0 Å². The lowest BCUT2D eigenvalue weighted by molar-refractivity contribution is 0.238. The van der Waals surface area contributed by atoms with Gasteiger partial charge in [0.25, 0.3) is 0 Å². The largest absolute Gasteiger partial charge is 0.497 e. The monoisotopic (exact) mass is 209 g/mol. The molecule has 3 nitrogen and oxygen atoms in total. The van der Waals surface area contributed by atoms with E-state index in [1.54, 1.807) is 7.11 Å². The molecule has 1 aromatic rings. The van der Waals surface area contributed by atoms with Crippen molar-refractivity contribution in [2.45, 2.75) is 25.9 Å². The summed E-state index contributed by atoms with van der Waals surface area (Å²) < 4.78 is 5.08. The van der Waals surface area contributed by atoms with E-state index in [0.29, 0.717) is 0 Å². The molecule has 2 N–H and O–H groups in total. The van der Waals surface area contributed by atoms with Crippen LogP contribution in [-0.4, -0.2) is 24.9 Å². The van der Waals surface area contributed by atoms with Gasteiger partial charge in [0.15, 0.2) is 0 Å². The smallest absolute Gasteiger partial charge is 0.118 e. The second kappa shape index (κ2) is 6.43. The van der Waals surface area contributed by atoms with Crippen LogP contribution in [0.5, 0.6) is 5.75 Å². The highest BCUT2D eigenvalue weighted by Gasteiger charge is 2.02. The molecule has 0 aliphatic rings. The van der Waals surface area contributed by atoms with Gasteiger partial charge in [0.1, 0.15) is 5.75 Å². The number of methoxy groups -OCH3 is 1. The van der Waals surface area contributed by atoms with E-state index in [-0.39, 0.29) is 12.6 Å². The highest BCUT2D eigenvalue weighted by Crippen LogP contribution is 2.11. The Morgan fingerprint density at radius 1 is 1.33 bits per heavy atom. The zero-order valence-corrected chi connectivity index (χ0v) is 9.36. The molecule has 15 heavy (non-hydrogen) atoms. The molecule has 0 radical (unpaired) electrons. The molecule has 0 fully saturated rings. The van der Waals surface area contributed by atoms with Crippen molar-refractivity contribution in [2.75, 3.05) is 13.7 Å². The summed E-state index contributed by atoms with van der Waals surface area (Å²) in [6, 6.07) is 8.12. The Labute approximate surface area is 91.1 Å². The van der Waals surface area contributed by atoms with E-state index in [1.807, 2.05) is 24.3 Å². The third-order valence-corrected chi connectivity index (χ3v) is 2.47. The lowest BCUT2D eigenvalue weighted by Crippen LogP contribution is -2.31. The summed E-state index contributed by atoms with van der Waals surface area (Å²) >= 11 is 0. The maximum Gasteiger partial charge on any atom is 0.118 e. The number of ether oxygens (including phenoxy) is 1. The fourth-order valence-electron chi connectivity index (χ4n) is 1.34. The minimum absolute atomic E-state index is 0.187. The quantitative estimate of drug-likeness (QED) is 0.747. The van der Waals surface area contributed by atoms with Gasteiger partial charge in [0.05, 0.1) is 13.7 Å². The molecule has 0 amide bonds. The Balaban J connectivity index is 2.43. The van der Waals surface area contributed by atoms with Gasteiger partial charge in [-0.05, 0) is 24.1 Å². The average Bonchev–Trinajstić information content (AvgIpc) is 2.31. The van der Waals surface area contributed by atoms with Gasteiger partial charge in [0.2, 0.25) is 0 Å². The number of aliphatic hydroxyl groups is 1. The molecule has 0 heterocycles. The van der Waals surface area contributed by atoms with Gasteiger partial charge < -0.3 is 15.2 Å². The minimum atomic E-state index is 0.187. The van der Waals surface area contributed by atoms with E-state index in [0.717, 1.165) is 18.7 Å². The normalized spacial score (nSPS) is 12.5. The molecule has 0 saturated carbocycles. The van der Waals surface area contributed by atoms with Crippen molar-refractivity contribution in [3.8, 4) is 5.75 Å². The van der Waals surface area contributed by atoms with Crippen LogP contribution in [0.3, 0.4) is 0 Å². The predicted molar refractivity (Wildman–Crippen MR) is 61.0 cm³/mol. The van der Waals surface area contributed by atoms with Crippen LogP contribution in [0.1, 0.15) is 18.9 Å². The van der Waals surface area contributed by atoms with Crippen LogP contribution in [0.25, 0.3) is 0 Å². The SMILES string of the molecule is CC[C@@H](CO)NCc1ccc(OC)cc1. The molecule has 0 bridgehead atoms. The first-order valence-corrected chi connectivity index (χ1v) is 5.27. The number of aliphatic hydroxyl groups excluding tert-OH is 1. The van der Waals surface area contributed by atoms with Gasteiger partial charge in [-0.2, -0.15) is 0 Å². The lowest BCUT2D eigenvalue weighted by atomic mass is 10.2. The van der Waals surface area contributed by atoms with Crippen molar-refractivity contribution >= 4 is 0 Å². The summed E-state index contributed by atoms with van der Waals surface area (Å²) in [5.74, 6) is 0.868. The van der Waals surface area contributed by atoms with E-state index < -0.39 is 0 Å². The molecule has 0 aliphatic carbocycles. The third-order valence-electron chi connectivity index (χ3n) is 2.47. The van der Waals surface area contributed by atoms with Crippen molar-refractivity contribution in [1.82, 2.24) is 5.32 Å². The minimum Gasteiger partial charge on any atom is -0.497 e. The summed E-state index contributed by atoms with van der Waals surface area (Å²) in [6.45, 7) is 3.03. The number of nitrogens with one attached hydrogen (secondary N) is 1. The number of benzene rings is 1. The molecule has 0 spiro atoms. The molecule has 0 aliphatic heterocycles. The molecular weight excluding hydrogens is 190 g/mol. The molecular formula is C12H19NO2. The summed E-state index contributed by atoms with van der Waals surface area (Å²) in [7, 11) is 1.66. The first-order chi connectivity index (χ1) is 7.30. The molecule has 1 aromatic carbocycles. The van der Waals surface area contributed by atoms with Gasteiger partial charge in [-0.1, -0.05) is 19.1 Å². The topological polar surface area (TPSA) is 41.5 Å². The zero-order chi connectivity index (χ0) is 11.1. The Morgan fingerprint density at radius 2 is 2.00 bits per heavy atom. The fourth-order valence-corrected chi connectivity index (χ4v) is 1.34. The highest BCUT2D eigenvalue weighted by atomic mass is 16.5. The number of hydrogen-bond acceptors (Lipinski definition) is 3. The second-order valence-corrected chi connectivity index (χ2v) is 3.52. The number of hydrogen-bond donors (Lipinski definition) is 2. The summed E-state index contributed by atoms with van der Waals surface area (Å²) in [6.07, 6.45) is 0.937. The van der Waals surface area contributed by atoms with Crippen molar-refractivity contribution in [3.63, 3.8) is 0 Å². The van der Waals surface area contributed by atoms with Crippen molar-refractivity contribution in [2.24, 2.45) is 0 Å². The first kappa shape index (κ1) is 12.0. The van der Waals surface area contributed by atoms with Crippen LogP contribution < -0.4 is 10.1 Å². The van der Waals surface area contributed by atoms with E-state index in [9.17, 15) is 0 Å². The molecule has 1 rings (SSSR count). The Morgan fingerprint density at radius 3 is 2.47 bits per heavy atom. The van der Waals surface area contributed by atoms with Crippen molar-refractivity contribution in [1.29, 1.82) is 0 Å². The Hall–Kier alpha value is -1.06. The third kappa shape index (κ3) is 3.90. The van der Waals surface area contributed by atoms with Gasteiger partial charge >= 0.3 is 0 Å². The fraction of sp³-hybridized carbons (Fsp3) is 0.500.